The molecule has 20 heavy (non-hydrogen) atoms. The van der Waals surface area contributed by atoms with Gasteiger partial charge in [0.2, 0.25) is 0 Å². The van der Waals surface area contributed by atoms with Crippen LogP contribution in [0.5, 0.6) is 0 Å². The molecular weight excluding hydrogens is 252 g/mol. The van der Waals surface area contributed by atoms with E-state index >= 15 is 0 Å². The molecule has 1 aromatic rings. The molecule has 0 aromatic carbocycles. The van der Waals surface area contributed by atoms with Crippen LogP contribution in [0.1, 0.15) is 38.9 Å². The molecule has 0 amide bonds. The van der Waals surface area contributed by atoms with E-state index in [2.05, 4.69) is 29.2 Å². The average Bonchev–Trinajstić information content (AvgIpc) is 2.93. The Kier molecular flexibility index (Phi) is 3.63. The van der Waals surface area contributed by atoms with Gasteiger partial charge in [0.05, 0.1) is 6.42 Å². The van der Waals surface area contributed by atoms with E-state index in [1.54, 1.807) is 6.33 Å². The fraction of sp³-hybridized carbons (Fsp3) is 0.800. The quantitative estimate of drug-likeness (QED) is 0.884. The number of hydrogen-bond acceptors (Lipinski definition) is 4. The Morgan fingerprint density at radius 1 is 1.50 bits per heavy atom. The zero-order chi connectivity index (χ0) is 14.2. The van der Waals surface area contributed by atoms with Crippen LogP contribution in [0.15, 0.2) is 6.33 Å². The summed E-state index contributed by atoms with van der Waals surface area (Å²) >= 11 is 0. The summed E-state index contributed by atoms with van der Waals surface area (Å²) in [6.07, 6.45) is 5.42. The van der Waals surface area contributed by atoms with Gasteiger partial charge in [0.1, 0.15) is 17.9 Å². The van der Waals surface area contributed by atoms with Gasteiger partial charge in [-0.25, -0.2) is 9.67 Å². The molecule has 1 atom stereocenters. The van der Waals surface area contributed by atoms with Crippen molar-refractivity contribution in [3.63, 3.8) is 0 Å². The molecule has 1 aliphatic heterocycles. The number of ketones is 1. The summed E-state index contributed by atoms with van der Waals surface area (Å²) < 4.78 is 1.89. The van der Waals surface area contributed by atoms with E-state index in [1.807, 2.05) is 4.68 Å². The lowest BCUT2D eigenvalue weighted by atomic mass is 9.90. The van der Waals surface area contributed by atoms with Gasteiger partial charge in [0.15, 0.2) is 0 Å². The molecule has 1 unspecified atom stereocenters. The highest BCUT2D eigenvalue weighted by atomic mass is 16.1. The van der Waals surface area contributed by atoms with Crippen molar-refractivity contribution in [2.75, 3.05) is 13.1 Å². The van der Waals surface area contributed by atoms with Crippen LogP contribution in [0, 0.1) is 17.3 Å². The normalized spacial score (nSPS) is 24.2. The molecule has 5 nitrogen and oxygen atoms in total. The van der Waals surface area contributed by atoms with Crippen molar-refractivity contribution in [3.05, 3.63) is 12.2 Å². The summed E-state index contributed by atoms with van der Waals surface area (Å²) in [6.45, 7) is 7.26. The Bertz CT molecular complexity index is 488. The van der Waals surface area contributed by atoms with Crippen molar-refractivity contribution in [2.45, 2.75) is 46.1 Å². The molecule has 2 fully saturated rings. The van der Waals surface area contributed by atoms with Crippen LogP contribution in [-0.4, -0.2) is 33.6 Å². The van der Waals surface area contributed by atoms with Crippen LogP contribution in [0.25, 0.3) is 0 Å². The van der Waals surface area contributed by atoms with E-state index in [9.17, 15) is 4.79 Å². The Hall–Kier alpha value is -1.23. The molecule has 3 rings (SSSR count). The molecule has 2 heterocycles. The van der Waals surface area contributed by atoms with Crippen LogP contribution < -0.4 is 5.32 Å². The van der Waals surface area contributed by atoms with Crippen LogP contribution in [0.4, 0.5) is 0 Å². The first kappa shape index (κ1) is 13.7. The summed E-state index contributed by atoms with van der Waals surface area (Å²) in [6, 6.07) is 0. The number of aromatic nitrogens is 3. The molecular formula is C15H24N4O. The third-order valence-electron chi connectivity index (χ3n) is 4.74. The minimum atomic E-state index is 0.272. The number of hydrogen-bond donors (Lipinski definition) is 1. The molecule has 1 saturated carbocycles. The number of nitrogens with one attached hydrogen (secondary N) is 1. The molecule has 1 spiro atoms. The maximum absolute atomic E-state index is 12.5. The van der Waals surface area contributed by atoms with Gasteiger partial charge < -0.3 is 5.32 Å². The van der Waals surface area contributed by atoms with Gasteiger partial charge in [-0.2, -0.15) is 5.10 Å². The van der Waals surface area contributed by atoms with Crippen LogP contribution >= 0.6 is 0 Å². The second-order valence-electron chi connectivity index (χ2n) is 6.76. The van der Waals surface area contributed by atoms with Crippen LogP contribution in [0.2, 0.25) is 0 Å². The Labute approximate surface area is 120 Å². The number of piperidine rings is 1. The summed E-state index contributed by atoms with van der Waals surface area (Å²) in [5.41, 5.74) is 0.325. The summed E-state index contributed by atoms with van der Waals surface area (Å²) in [7, 11) is 0. The van der Waals surface area contributed by atoms with Crippen molar-refractivity contribution >= 4 is 5.78 Å². The SMILES string of the molecule is CC(C)Cn1ncnc1CC(=O)C1CC12CCNCC2. The lowest BCUT2D eigenvalue weighted by Crippen LogP contribution is -2.31. The Morgan fingerprint density at radius 3 is 2.95 bits per heavy atom. The minimum Gasteiger partial charge on any atom is -0.317 e. The van der Waals surface area contributed by atoms with Crippen molar-refractivity contribution < 1.29 is 4.79 Å². The highest BCUT2D eigenvalue weighted by Crippen LogP contribution is 2.59. The van der Waals surface area contributed by atoms with E-state index in [0.717, 1.165) is 44.7 Å². The van der Waals surface area contributed by atoms with Crippen molar-refractivity contribution in [1.29, 1.82) is 0 Å². The fourth-order valence-corrected chi connectivity index (χ4v) is 3.48. The van der Waals surface area contributed by atoms with Crippen molar-refractivity contribution in [2.24, 2.45) is 17.3 Å². The van der Waals surface area contributed by atoms with Crippen molar-refractivity contribution in [1.82, 2.24) is 20.1 Å². The lowest BCUT2D eigenvalue weighted by molar-refractivity contribution is -0.120. The van der Waals surface area contributed by atoms with Gasteiger partial charge in [-0.15, -0.1) is 0 Å². The monoisotopic (exact) mass is 276 g/mol. The number of carbonyl (C=O) groups excluding carboxylic acids is 1. The fourth-order valence-electron chi connectivity index (χ4n) is 3.48. The molecule has 1 aliphatic carbocycles. The highest BCUT2D eigenvalue weighted by molar-refractivity contribution is 5.86. The lowest BCUT2D eigenvalue weighted by Gasteiger charge is -2.23. The zero-order valence-corrected chi connectivity index (χ0v) is 12.4. The van der Waals surface area contributed by atoms with E-state index in [1.165, 1.54) is 0 Å². The first-order valence-electron chi connectivity index (χ1n) is 7.71. The summed E-state index contributed by atoms with van der Waals surface area (Å²) in [5.74, 6) is 1.99. The summed E-state index contributed by atoms with van der Waals surface area (Å²) in [4.78, 5) is 16.8. The third-order valence-corrected chi connectivity index (χ3v) is 4.74. The first-order chi connectivity index (χ1) is 9.61. The Balaban J connectivity index is 1.61. The third kappa shape index (κ3) is 2.64. The van der Waals surface area contributed by atoms with Crippen LogP contribution in [0.3, 0.4) is 0 Å². The standard InChI is InChI=1S/C15H24N4O/c1-11(2)9-19-14(17-10-18-19)7-13(20)12-8-15(12)3-5-16-6-4-15/h10-12,16H,3-9H2,1-2H3. The number of rotatable bonds is 5. The van der Waals surface area contributed by atoms with Gasteiger partial charge in [0.25, 0.3) is 0 Å². The van der Waals surface area contributed by atoms with Gasteiger partial charge >= 0.3 is 0 Å². The molecule has 5 heteroatoms. The predicted molar refractivity (Wildman–Crippen MR) is 76.2 cm³/mol. The molecule has 1 aromatic heterocycles. The van der Waals surface area contributed by atoms with E-state index in [-0.39, 0.29) is 5.92 Å². The molecule has 1 saturated heterocycles. The van der Waals surface area contributed by atoms with Gasteiger partial charge in [0, 0.05) is 12.5 Å². The molecule has 2 aliphatic rings. The maximum Gasteiger partial charge on any atom is 0.144 e. The second kappa shape index (κ2) is 5.28. The van der Waals surface area contributed by atoms with Gasteiger partial charge in [-0.05, 0) is 43.7 Å². The number of nitrogens with zero attached hydrogens (tertiary/aromatic N) is 3. The van der Waals surface area contributed by atoms with Gasteiger partial charge in [-0.3, -0.25) is 4.79 Å². The van der Waals surface area contributed by atoms with E-state index < -0.39 is 0 Å². The molecule has 0 radical (unpaired) electrons. The Morgan fingerprint density at radius 2 is 2.25 bits per heavy atom. The maximum atomic E-state index is 12.5. The largest absolute Gasteiger partial charge is 0.317 e. The average molecular weight is 276 g/mol. The van der Waals surface area contributed by atoms with E-state index in [0.29, 0.717) is 23.5 Å². The second-order valence-corrected chi connectivity index (χ2v) is 6.76. The zero-order valence-electron chi connectivity index (χ0n) is 12.4. The topological polar surface area (TPSA) is 59.8 Å². The van der Waals surface area contributed by atoms with E-state index in [4.69, 9.17) is 0 Å². The molecule has 110 valence electrons. The number of Topliss-reactive ketones (excluding diaryl/α,β-unsaturated/α-hetero) is 1. The molecule has 0 bridgehead atoms. The molecule has 1 N–H and O–H groups in total. The van der Waals surface area contributed by atoms with Gasteiger partial charge in [-0.1, -0.05) is 13.8 Å². The van der Waals surface area contributed by atoms with Crippen LogP contribution in [-0.2, 0) is 17.8 Å². The van der Waals surface area contributed by atoms with Crippen molar-refractivity contribution in [3.8, 4) is 0 Å². The first-order valence-corrected chi connectivity index (χ1v) is 7.71. The summed E-state index contributed by atoms with van der Waals surface area (Å²) in [5, 5.41) is 7.61. The smallest absolute Gasteiger partial charge is 0.144 e. The highest BCUT2D eigenvalue weighted by Gasteiger charge is 2.57. The number of carbonyl (C=O) groups is 1. The minimum absolute atomic E-state index is 0.272. The predicted octanol–water partition coefficient (Wildman–Crippen LogP) is 1.44.